The van der Waals surface area contributed by atoms with Crippen LogP contribution in [0.25, 0.3) is 0 Å². The van der Waals surface area contributed by atoms with E-state index in [1.807, 2.05) is 14.0 Å². The Balaban J connectivity index is 2.94. The van der Waals surface area contributed by atoms with E-state index in [1.165, 1.54) is 0 Å². The minimum atomic E-state index is 0.322. The van der Waals surface area contributed by atoms with Gasteiger partial charge in [-0.1, -0.05) is 13.8 Å². The van der Waals surface area contributed by atoms with Crippen molar-refractivity contribution in [3.8, 4) is 0 Å². The fraction of sp³-hybridized carbons (Fsp3) is 0.800. The summed E-state index contributed by atoms with van der Waals surface area (Å²) in [7, 11) is 1.97. The molecule has 0 radical (unpaired) electrons. The third-order valence-corrected chi connectivity index (χ3v) is 2.48. The molecule has 14 heavy (non-hydrogen) atoms. The highest BCUT2D eigenvalue weighted by Crippen LogP contribution is 2.15. The molecule has 0 amide bonds. The van der Waals surface area contributed by atoms with Crippen LogP contribution in [0, 0.1) is 6.92 Å². The van der Waals surface area contributed by atoms with E-state index in [4.69, 9.17) is 0 Å². The molecule has 0 aliphatic carbocycles. The molecule has 0 bridgehead atoms. The Bertz CT molecular complexity index is 276. The first-order valence-electron chi connectivity index (χ1n) is 5.31. The molecule has 0 aromatic carbocycles. The summed E-state index contributed by atoms with van der Waals surface area (Å²) < 4.78 is 2.20. The van der Waals surface area contributed by atoms with Crippen molar-refractivity contribution >= 4 is 0 Å². The van der Waals surface area contributed by atoms with Crippen LogP contribution in [-0.4, -0.2) is 21.8 Å². The van der Waals surface area contributed by atoms with E-state index in [9.17, 15) is 0 Å². The van der Waals surface area contributed by atoms with Crippen molar-refractivity contribution < 1.29 is 0 Å². The molecular formula is C10H20N4. The molecule has 0 saturated heterocycles. The average Bonchev–Trinajstić information content (AvgIpc) is 2.53. The van der Waals surface area contributed by atoms with Gasteiger partial charge in [0.05, 0.1) is 6.04 Å². The van der Waals surface area contributed by atoms with Gasteiger partial charge in [0.15, 0.2) is 0 Å². The van der Waals surface area contributed by atoms with Crippen LogP contribution in [0.4, 0.5) is 0 Å². The van der Waals surface area contributed by atoms with Crippen molar-refractivity contribution in [2.45, 2.75) is 46.2 Å². The first-order valence-corrected chi connectivity index (χ1v) is 5.31. The van der Waals surface area contributed by atoms with Crippen LogP contribution in [-0.2, 0) is 6.54 Å². The normalized spacial score (nSPS) is 13.1. The van der Waals surface area contributed by atoms with Gasteiger partial charge in [0.1, 0.15) is 11.6 Å². The van der Waals surface area contributed by atoms with Crippen LogP contribution >= 0.6 is 0 Å². The van der Waals surface area contributed by atoms with Gasteiger partial charge in [-0.3, -0.25) is 0 Å². The summed E-state index contributed by atoms with van der Waals surface area (Å²) in [6, 6.07) is 0.322. The molecule has 1 aromatic rings. The Morgan fingerprint density at radius 2 is 2.07 bits per heavy atom. The molecule has 4 heteroatoms. The number of nitrogens with one attached hydrogen (secondary N) is 1. The highest BCUT2D eigenvalue weighted by molar-refractivity contribution is 4.99. The van der Waals surface area contributed by atoms with Gasteiger partial charge in [0, 0.05) is 6.54 Å². The number of rotatable bonds is 5. The molecule has 1 N–H and O–H groups in total. The Morgan fingerprint density at radius 3 is 2.57 bits per heavy atom. The minimum Gasteiger partial charge on any atom is -0.314 e. The van der Waals surface area contributed by atoms with Crippen molar-refractivity contribution in [3.05, 3.63) is 11.6 Å². The summed E-state index contributed by atoms with van der Waals surface area (Å²) in [6.45, 7) is 7.34. The molecule has 1 aromatic heterocycles. The largest absolute Gasteiger partial charge is 0.314 e. The second kappa shape index (κ2) is 5.10. The predicted octanol–water partition coefficient (Wildman–Crippen LogP) is 1.67. The van der Waals surface area contributed by atoms with Gasteiger partial charge in [0.25, 0.3) is 0 Å². The SMILES string of the molecule is CCCn1c(C)nnc1C(CC)NC. The fourth-order valence-corrected chi connectivity index (χ4v) is 1.67. The van der Waals surface area contributed by atoms with Gasteiger partial charge < -0.3 is 9.88 Å². The molecule has 1 rings (SSSR count). The van der Waals surface area contributed by atoms with Crippen molar-refractivity contribution in [2.24, 2.45) is 0 Å². The number of hydrogen-bond acceptors (Lipinski definition) is 3. The lowest BCUT2D eigenvalue weighted by molar-refractivity contribution is 0.499. The van der Waals surface area contributed by atoms with Crippen LogP contribution in [0.2, 0.25) is 0 Å². The number of hydrogen-bond donors (Lipinski definition) is 1. The summed E-state index contributed by atoms with van der Waals surface area (Å²) >= 11 is 0. The molecule has 1 heterocycles. The zero-order chi connectivity index (χ0) is 10.6. The van der Waals surface area contributed by atoms with E-state index in [0.29, 0.717) is 6.04 Å². The Kier molecular flexibility index (Phi) is 4.07. The van der Waals surface area contributed by atoms with Crippen LogP contribution in [0.15, 0.2) is 0 Å². The van der Waals surface area contributed by atoms with Gasteiger partial charge in [-0.25, -0.2) is 0 Å². The molecule has 80 valence electrons. The lowest BCUT2D eigenvalue weighted by atomic mass is 10.2. The Hall–Kier alpha value is -0.900. The van der Waals surface area contributed by atoms with Crippen molar-refractivity contribution in [1.29, 1.82) is 0 Å². The maximum atomic E-state index is 4.23. The smallest absolute Gasteiger partial charge is 0.150 e. The second-order valence-electron chi connectivity index (χ2n) is 3.51. The summed E-state index contributed by atoms with van der Waals surface area (Å²) in [4.78, 5) is 0. The molecular weight excluding hydrogens is 176 g/mol. The summed E-state index contributed by atoms with van der Waals surface area (Å²) in [6.07, 6.45) is 2.16. The van der Waals surface area contributed by atoms with E-state index in [0.717, 1.165) is 31.0 Å². The lowest BCUT2D eigenvalue weighted by Gasteiger charge is -2.14. The Morgan fingerprint density at radius 1 is 1.36 bits per heavy atom. The zero-order valence-corrected chi connectivity index (χ0v) is 9.54. The van der Waals surface area contributed by atoms with E-state index < -0.39 is 0 Å². The monoisotopic (exact) mass is 196 g/mol. The highest BCUT2D eigenvalue weighted by Gasteiger charge is 2.15. The van der Waals surface area contributed by atoms with E-state index >= 15 is 0 Å². The van der Waals surface area contributed by atoms with Gasteiger partial charge in [-0.2, -0.15) is 0 Å². The predicted molar refractivity (Wildman–Crippen MR) is 57.1 cm³/mol. The summed E-state index contributed by atoms with van der Waals surface area (Å²) in [5.74, 6) is 2.07. The zero-order valence-electron chi connectivity index (χ0n) is 9.54. The second-order valence-corrected chi connectivity index (χ2v) is 3.51. The topological polar surface area (TPSA) is 42.7 Å². The third kappa shape index (κ3) is 2.12. The van der Waals surface area contributed by atoms with Crippen LogP contribution in [0.5, 0.6) is 0 Å². The maximum Gasteiger partial charge on any atom is 0.150 e. The molecule has 4 nitrogen and oxygen atoms in total. The first kappa shape index (κ1) is 11.2. The number of nitrogens with zero attached hydrogens (tertiary/aromatic N) is 3. The van der Waals surface area contributed by atoms with Crippen LogP contribution < -0.4 is 5.32 Å². The molecule has 0 spiro atoms. The molecule has 0 aliphatic rings. The minimum absolute atomic E-state index is 0.322. The highest BCUT2D eigenvalue weighted by atomic mass is 15.3. The van der Waals surface area contributed by atoms with Gasteiger partial charge in [0.2, 0.25) is 0 Å². The van der Waals surface area contributed by atoms with E-state index in [2.05, 4.69) is 33.9 Å². The van der Waals surface area contributed by atoms with Gasteiger partial charge >= 0.3 is 0 Å². The van der Waals surface area contributed by atoms with Crippen molar-refractivity contribution in [3.63, 3.8) is 0 Å². The summed E-state index contributed by atoms with van der Waals surface area (Å²) in [5.41, 5.74) is 0. The molecule has 0 aliphatic heterocycles. The first-order chi connectivity index (χ1) is 6.74. The molecule has 0 fully saturated rings. The molecule has 1 unspecified atom stereocenters. The standard InChI is InChI=1S/C10H20N4/c1-5-7-14-8(3)12-13-10(14)9(6-2)11-4/h9,11H,5-7H2,1-4H3. The maximum absolute atomic E-state index is 4.23. The lowest BCUT2D eigenvalue weighted by Crippen LogP contribution is -2.20. The number of aromatic nitrogens is 3. The quantitative estimate of drug-likeness (QED) is 0.779. The van der Waals surface area contributed by atoms with Crippen molar-refractivity contribution in [2.75, 3.05) is 7.05 Å². The van der Waals surface area contributed by atoms with Gasteiger partial charge in [-0.05, 0) is 26.8 Å². The van der Waals surface area contributed by atoms with Crippen molar-refractivity contribution in [1.82, 2.24) is 20.1 Å². The third-order valence-electron chi connectivity index (χ3n) is 2.48. The van der Waals surface area contributed by atoms with Crippen LogP contribution in [0.1, 0.15) is 44.4 Å². The number of aryl methyl sites for hydroxylation is 1. The summed E-state index contributed by atoms with van der Waals surface area (Å²) in [5, 5.41) is 11.6. The van der Waals surface area contributed by atoms with Crippen LogP contribution in [0.3, 0.4) is 0 Å². The molecule has 0 saturated carbocycles. The van der Waals surface area contributed by atoms with E-state index in [-0.39, 0.29) is 0 Å². The fourth-order valence-electron chi connectivity index (χ4n) is 1.67. The molecule has 1 atom stereocenters. The Labute approximate surface area is 85.7 Å². The van der Waals surface area contributed by atoms with E-state index in [1.54, 1.807) is 0 Å². The van der Waals surface area contributed by atoms with Gasteiger partial charge in [-0.15, -0.1) is 10.2 Å². The average molecular weight is 196 g/mol.